The number of halogens is 2. The van der Waals surface area contributed by atoms with E-state index >= 15 is 0 Å². The summed E-state index contributed by atoms with van der Waals surface area (Å²) in [6, 6.07) is 0.174. The lowest BCUT2D eigenvalue weighted by Gasteiger charge is -2.35. The number of piperidine rings is 1. The van der Waals surface area contributed by atoms with Gasteiger partial charge >= 0.3 is 0 Å². The molecule has 1 rings (SSSR count). The van der Waals surface area contributed by atoms with Crippen LogP contribution in [0.4, 0.5) is 8.78 Å². The van der Waals surface area contributed by atoms with Crippen LogP contribution < -0.4 is 0 Å². The highest BCUT2D eigenvalue weighted by Gasteiger charge is 2.23. The fourth-order valence-corrected chi connectivity index (χ4v) is 1.95. The van der Waals surface area contributed by atoms with Gasteiger partial charge in [-0.3, -0.25) is 4.90 Å². The van der Waals surface area contributed by atoms with E-state index in [1.165, 1.54) is 0 Å². The average molecular weight is 193 g/mol. The van der Waals surface area contributed by atoms with E-state index in [1.54, 1.807) is 0 Å². The number of hydrogen-bond acceptors (Lipinski definition) is 2. The Morgan fingerprint density at radius 2 is 2.15 bits per heavy atom. The van der Waals surface area contributed by atoms with Crippen LogP contribution in [-0.4, -0.2) is 42.2 Å². The van der Waals surface area contributed by atoms with E-state index in [4.69, 9.17) is 5.11 Å². The Balaban J connectivity index is 2.36. The largest absolute Gasteiger partial charge is 0.396 e. The molecule has 78 valence electrons. The maximum absolute atomic E-state index is 12.1. The van der Waals surface area contributed by atoms with Crippen molar-refractivity contribution in [3.05, 3.63) is 0 Å². The molecule has 0 aromatic heterocycles. The smallest absolute Gasteiger partial charge is 0.251 e. The highest BCUT2D eigenvalue weighted by Crippen LogP contribution is 2.20. The molecule has 0 aromatic carbocycles. The van der Waals surface area contributed by atoms with E-state index in [-0.39, 0.29) is 19.2 Å². The standard InChI is InChI=1S/C9H17F2NO/c10-9(11)7-12-5-2-1-3-8(12)4-6-13/h8-9,13H,1-7H2. The number of aliphatic hydroxyl groups is 1. The van der Waals surface area contributed by atoms with Crippen molar-refractivity contribution in [1.29, 1.82) is 0 Å². The van der Waals surface area contributed by atoms with Crippen molar-refractivity contribution < 1.29 is 13.9 Å². The van der Waals surface area contributed by atoms with Crippen LogP contribution in [0.15, 0.2) is 0 Å². The Kier molecular flexibility index (Phi) is 4.59. The molecule has 1 heterocycles. The number of nitrogens with zero attached hydrogens (tertiary/aromatic N) is 1. The quantitative estimate of drug-likeness (QED) is 0.731. The maximum atomic E-state index is 12.1. The van der Waals surface area contributed by atoms with Crippen molar-refractivity contribution >= 4 is 0 Å². The minimum atomic E-state index is -2.25. The minimum Gasteiger partial charge on any atom is -0.396 e. The van der Waals surface area contributed by atoms with Crippen molar-refractivity contribution in [1.82, 2.24) is 4.90 Å². The molecule has 0 radical (unpaired) electrons. The molecule has 1 saturated heterocycles. The lowest BCUT2D eigenvalue weighted by Crippen LogP contribution is -2.42. The topological polar surface area (TPSA) is 23.5 Å². The predicted molar refractivity (Wildman–Crippen MR) is 46.9 cm³/mol. The van der Waals surface area contributed by atoms with Crippen molar-refractivity contribution in [3.8, 4) is 0 Å². The number of alkyl halides is 2. The summed E-state index contributed by atoms with van der Waals surface area (Å²) in [5.74, 6) is 0. The zero-order chi connectivity index (χ0) is 9.68. The van der Waals surface area contributed by atoms with Crippen molar-refractivity contribution in [3.63, 3.8) is 0 Å². The van der Waals surface area contributed by atoms with Crippen LogP contribution in [0.3, 0.4) is 0 Å². The van der Waals surface area contributed by atoms with E-state index < -0.39 is 6.43 Å². The molecule has 1 aliphatic rings. The molecule has 1 atom stereocenters. The van der Waals surface area contributed by atoms with E-state index in [0.29, 0.717) is 6.42 Å². The number of aliphatic hydroxyl groups excluding tert-OH is 1. The van der Waals surface area contributed by atoms with E-state index in [1.807, 2.05) is 4.90 Å². The first kappa shape index (κ1) is 10.9. The molecule has 0 spiro atoms. The van der Waals surface area contributed by atoms with Gasteiger partial charge in [0.15, 0.2) is 0 Å². The SMILES string of the molecule is OCCC1CCCCN1CC(F)F. The number of rotatable bonds is 4. The van der Waals surface area contributed by atoms with Gasteiger partial charge in [0, 0.05) is 12.6 Å². The first-order valence-corrected chi connectivity index (χ1v) is 4.87. The van der Waals surface area contributed by atoms with Gasteiger partial charge in [-0.1, -0.05) is 6.42 Å². The second kappa shape index (κ2) is 5.50. The van der Waals surface area contributed by atoms with Crippen LogP contribution >= 0.6 is 0 Å². The van der Waals surface area contributed by atoms with Gasteiger partial charge in [0.05, 0.1) is 6.54 Å². The third-order valence-electron chi connectivity index (χ3n) is 2.58. The molecule has 0 aliphatic carbocycles. The first-order chi connectivity index (χ1) is 6.24. The fraction of sp³-hybridized carbons (Fsp3) is 1.00. The number of hydrogen-bond donors (Lipinski definition) is 1. The summed E-state index contributed by atoms with van der Waals surface area (Å²) in [4.78, 5) is 1.81. The summed E-state index contributed by atoms with van der Waals surface area (Å²) < 4.78 is 24.3. The van der Waals surface area contributed by atoms with Gasteiger partial charge in [-0.15, -0.1) is 0 Å². The Bertz CT molecular complexity index is 142. The predicted octanol–water partition coefficient (Wildman–Crippen LogP) is 1.49. The second-order valence-electron chi connectivity index (χ2n) is 3.55. The molecular weight excluding hydrogens is 176 g/mol. The van der Waals surface area contributed by atoms with E-state index in [0.717, 1.165) is 25.8 Å². The summed E-state index contributed by atoms with van der Waals surface area (Å²) in [6.07, 6.45) is 1.44. The molecule has 13 heavy (non-hydrogen) atoms. The summed E-state index contributed by atoms with van der Waals surface area (Å²) in [7, 11) is 0. The van der Waals surface area contributed by atoms with Crippen LogP contribution in [-0.2, 0) is 0 Å². The van der Waals surface area contributed by atoms with Gasteiger partial charge in [0.25, 0.3) is 6.43 Å². The van der Waals surface area contributed by atoms with Gasteiger partial charge in [-0.25, -0.2) is 8.78 Å². The Labute approximate surface area is 77.5 Å². The molecule has 4 heteroatoms. The molecule has 0 saturated carbocycles. The van der Waals surface area contributed by atoms with E-state index in [9.17, 15) is 8.78 Å². The summed E-state index contributed by atoms with van der Waals surface area (Å²) in [6.45, 7) is 0.726. The molecule has 1 N–H and O–H groups in total. The van der Waals surface area contributed by atoms with Crippen LogP contribution in [0, 0.1) is 0 Å². The van der Waals surface area contributed by atoms with Gasteiger partial charge in [0.1, 0.15) is 0 Å². The van der Waals surface area contributed by atoms with Crippen molar-refractivity contribution in [2.45, 2.75) is 38.2 Å². The second-order valence-corrected chi connectivity index (χ2v) is 3.55. The van der Waals surface area contributed by atoms with E-state index in [2.05, 4.69) is 0 Å². The van der Waals surface area contributed by atoms with Gasteiger partial charge in [-0.2, -0.15) is 0 Å². The molecular formula is C9H17F2NO. The Morgan fingerprint density at radius 1 is 1.38 bits per heavy atom. The van der Waals surface area contributed by atoms with Crippen LogP contribution in [0.25, 0.3) is 0 Å². The minimum absolute atomic E-state index is 0.102. The molecule has 1 aliphatic heterocycles. The highest BCUT2D eigenvalue weighted by atomic mass is 19.3. The zero-order valence-electron chi connectivity index (χ0n) is 7.75. The first-order valence-electron chi connectivity index (χ1n) is 4.87. The monoisotopic (exact) mass is 193 g/mol. The van der Waals surface area contributed by atoms with Gasteiger partial charge in [0.2, 0.25) is 0 Å². The summed E-state index contributed by atoms with van der Waals surface area (Å²) >= 11 is 0. The Hall–Kier alpha value is -0.220. The van der Waals surface area contributed by atoms with Crippen molar-refractivity contribution in [2.75, 3.05) is 19.7 Å². The van der Waals surface area contributed by atoms with Crippen LogP contribution in [0.1, 0.15) is 25.7 Å². The zero-order valence-corrected chi connectivity index (χ0v) is 7.75. The third-order valence-corrected chi connectivity index (χ3v) is 2.58. The molecule has 1 fully saturated rings. The molecule has 2 nitrogen and oxygen atoms in total. The molecule has 0 aromatic rings. The molecule has 1 unspecified atom stereocenters. The molecule has 0 bridgehead atoms. The number of likely N-dealkylation sites (tertiary alicyclic amines) is 1. The average Bonchev–Trinajstić information content (AvgIpc) is 2.08. The van der Waals surface area contributed by atoms with Gasteiger partial charge < -0.3 is 5.11 Å². The normalized spacial score (nSPS) is 25.4. The summed E-state index contributed by atoms with van der Waals surface area (Å²) in [5, 5.41) is 8.76. The third kappa shape index (κ3) is 3.56. The fourth-order valence-electron chi connectivity index (χ4n) is 1.95. The molecule has 0 amide bonds. The maximum Gasteiger partial charge on any atom is 0.251 e. The van der Waals surface area contributed by atoms with Crippen molar-refractivity contribution in [2.24, 2.45) is 0 Å². The van der Waals surface area contributed by atoms with Crippen LogP contribution in [0.2, 0.25) is 0 Å². The lowest BCUT2D eigenvalue weighted by molar-refractivity contribution is 0.0408. The lowest BCUT2D eigenvalue weighted by atomic mass is 10.00. The van der Waals surface area contributed by atoms with Crippen LogP contribution in [0.5, 0.6) is 0 Å². The summed E-state index contributed by atoms with van der Waals surface area (Å²) in [5.41, 5.74) is 0. The van der Waals surface area contributed by atoms with Gasteiger partial charge in [-0.05, 0) is 25.8 Å². The Morgan fingerprint density at radius 3 is 2.77 bits per heavy atom. The highest BCUT2D eigenvalue weighted by molar-refractivity contribution is 4.76.